The summed E-state index contributed by atoms with van der Waals surface area (Å²) in [5, 5.41) is 5.43. The van der Waals surface area contributed by atoms with E-state index in [-0.39, 0.29) is 5.92 Å². The lowest BCUT2D eigenvalue weighted by atomic mass is 9.95. The Morgan fingerprint density at radius 3 is 2.65 bits per heavy atom. The van der Waals surface area contributed by atoms with E-state index in [1.807, 2.05) is 38.4 Å². The van der Waals surface area contributed by atoms with Gasteiger partial charge in [0.2, 0.25) is 0 Å². The van der Waals surface area contributed by atoms with Gasteiger partial charge in [0, 0.05) is 24.6 Å². The van der Waals surface area contributed by atoms with E-state index in [0.29, 0.717) is 22.4 Å². The molecule has 0 saturated heterocycles. The Kier molecular flexibility index (Phi) is 4.59. The van der Waals surface area contributed by atoms with Crippen molar-refractivity contribution in [3.63, 3.8) is 0 Å². The van der Waals surface area contributed by atoms with Crippen molar-refractivity contribution < 1.29 is 9.57 Å². The van der Waals surface area contributed by atoms with Gasteiger partial charge in [0.1, 0.15) is 18.0 Å². The number of fused-ring (bicyclic) bond motifs is 2. The van der Waals surface area contributed by atoms with Gasteiger partial charge in [-0.1, -0.05) is 58.7 Å². The summed E-state index contributed by atoms with van der Waals surface area (Å²) in [7, 11) is 4.01. The van der Waals surface area contributed by atoms with Crippen molar-refractivity contribution in [2.75, 3.05) is 27.2 Å². The highest BCUT2D eigenvalue weighted by Crippen LogP contribution is 2.60. The van der Waals surface area contributed by atoms with Gasteiger partial charge in [0.05, 0.1) is 21.7 Å². The summed E-state index contributed by atoms with van der Waals surface area (Å²) in [4.78, 5) is 7.66. The van der Waals surface area contributed by atoms with Crippen molar-refractivity contribution in [3.8, 4) is 5.75 Å². The lowest BCUT2D eigenvalue weighted by Gasteiger charge is -2.28. The summed E-state index contributed by atoms with van der Waals surface area (Å²) in [6.07, 6.45) is 0.858. The molecule has 2 unspecified atom stereocenters. The molecule has 2 aromatic carbocycles. The molecule has 1 heterocycles. The van der Waals surface area contributed by atoms with Crippen LogP contribution in [0.5, 0.6) is 5.75 Å². The smallest absolute Gasteiger partial charge is 0.143 e. The Balaban J connectivity index is 1.71. The van der Waals surface area contributed by atoms with Gasteiger partial charge in [0.25, 0.3) is 0 Å². The van der Waals surface area contributed by atoms with Crippen molar-refractivity contribution in [2.24, 2.45) is 11.1 Å². The molecule has 0 radical (unpaired) electrons. The van der Waals surface area contributed by atoms with Crippen molar-refractivity contribution in [3.05, 3.63) is 63.6 Å². The summed E-state index contributed by atoms with van der Waals surface area (Å²) in [5.41, 5.74) is 2.49. The minimum atomic E-state index is -0.394. The molecule has 0 bridgehead atoms. The Hall–Kier alpha value is -1.75. The third-order valence-electron chi connectivity index (χ3n) is 4.89. The maximum Gasteiger partial charge on any atom is 0.143 e. The van der Waals surface area contributed by atoms with Crippen molar-refractivity contribution in [2.45, 2.75) is 12.0 Å². The van der Waals surface area contributed by atoms with Crippen molar-refractivity contribution in [1.29, 1.82) is 0 Å². The summed E-state index contributed by atoms with van der Waals surface area (Å²) >= 11 is 12.5. The van der Waals surface area contributed by atoms with Crippen LogP contribution < -0.4 is 4.74 Å². The first-order valence-corrected chi connectivity index (χ1v) is 9.35. The van der Waals surface area contributed by atoms with E-state index in [2.05, 4.69) is 22.2 Å². The molecule has 0 amide bonds. The monoisotopic (exact) mass is 390 g/mol. The average Bonchev–Trinajstić information content (AvgIpc) is 3.35. The Morgan fingerprint density at radius 2 is 1.92 bits per heavy atom. The second-order valence-electron chi connectivity index (χ2n) is 6.99. The van der Waals surface area contributed by atoms with Crippen LogP contribution in [0.25, 0.3) is 0 Å². The predicted molar refractivity (Wildman–Crippen MR) is 104 cm³/mol. The van der Waals surface area contributed by atoms with Crippen LogP contribution >= 0.6 is 23.2 Å². The number of nitrogens with zero attached hydrogens (tertiary/aromatic N) is 2. The summed E-state index contributed by atoms with van der Waals surface area (Å²) < 4.78 is 6.40. The van der Waals surface area contributed by atoms with E-state index < -0.39 is 5.60 Å². The topological polar surface area (TPSA) is 34.1 Å². The molecule has 1 aliphatic carbocycles. The minimum Gasteiger partial charge on any atom is -0.481 e. The molecule has 6 heteroatoms. The fourth-order valence-corrected chi connectivity index (χ4v) is 3.74. The molecule has 0 spiro atoms. The lowest BCUT2D eigenvalue weighted by Crippen LogP contribution is -2.28. The van der Waals surface area contributed by atoms with Crippen LogP contribution in [0.4, 0.5) is 0 Å². The Labute approximate surface area is 163 Å². The van der Waals surface area contributed by atoms with Crippen molar-refractivity contribution >= 4 is 28.9 Å². The molecule has 4 nitrogen and oxygen atoms in total. The van der Waals surface area contributed by atoms with E-state index in [1.165, 1.54) is 0 Å². The molecule has 136 valence electrons. The largest absolute Gasteiger partial charge is 0.481 e. The molecule has 1 saturated carbocycles. The van der Waals surface area contributed by atoms with Crippen LogP contribution in [0.15, 0.2) is 47.6 Å². The van der Waals surface area contributed by atoms with E-state index in [4.69, 9.17) is 32.8 Å². The predicted octanol–water partition coefficient (Wildman–Crippen LogP) is 4.58. The average molecular weight is 391 g/mol. The molecular formula is C20H20Cl2N2O2. The molecule has 26 heavy (non-hydrogen) atoms. The Bertz CT molecular complexity index is 854. The minimum absolute atomic E-state index is 0.147. The second kappa shape index (κ2) is 6.76. The number of rotatable bonds is 5. The van der Waals surface area contributed by atoms with E-state index in [1.54, 1.807) is 6.07 Å². The van der Waals surface area contributed by atoms with Gasteiger partial charge < -0.3 is 14.5 Å². The van der Waals surface area contributed by atoms with Gasteiger partial charge >= 0.3 is 0 Å². The van der Waals surface area contributed by atoms with Gasteiger partial charge in [-0.15, -0.1) is 0 Å². The zero-order valence-corrected chi connectivity index (χ0v) is 16.2. The number of hydrogen-bond acceptors (Lipinski definition) is 4. The standard InChI is InChI=1S/C20H20Cl2N2O2/c1-24(2)8-9-25-23-19-14-10-16(21)17(22)11-18(14)26-20(12-15(19)20)13-6-4-3-5-7-13/h3-7,10-11,15H,8-9,12H2,1-2H3. The van der Waals surface area contributed by atoms with Gasteiger partial charge in [0.15, 0.2) is 0 Å². The van der Waals surface area contributed by atoms with E-state index >= 15 is 0 Å². The number of oxime groups is 1. The fraction of sp³-hybridized carbons (Fsp3) is 0.350. The van der Waals surface area contributed by atoms with E-state index in [9.17, 15) is 0 Å². The summed E-state index contributed by atoms with van der Waals surface area (Å²) in [6.45, 7) is 1.33. The first kappa shape index (κ1) is 17.7. The second-order valence-corrected chi connectivity index (χ2v) is 7.80. The molecule has 1 fully saturated rings. The zero-order chi connectivity index (χ0) is 18.3. The van der Waals surface area contributed by atoms with Gasteiger partial charge in [-0.3, -0.25) is 0 Å². The van der Waals surface area contributed by atoms with Crippen LogP contribution in [0.2, 0.25) is 10.0 Å². The van der Waals surface area contributed by atoms with E-state index in [0.717, 1.165) is 29.8 Å². The number of likely N-dealkylation sites (N-methyl/N-ethyl adjacent to an activating group) is 1. The lowest BCUT2D eigenvalue weighted by molar-refractivity contribution is 0.121. The van der Waals surface area contributed by atoms with Crippen molar-refractivity contribution in [1.82, 2.24) is 4.90 Å². The number of hydrogen-bond donors (Lipinski definition) is 0. The third-order valence-corrected chi connectivity index (χ3v) is 5.61. The first-order chi connectivity index (χ1) is 12.5. The molecule has 2 aromatic rings. The van der Waals surface area contributed by atoms with Crippen LogP contribution in [-0.4, -0.2) is 37.9 Å². The Morgan fingerprint density at radius 1 is 1.19 bits per heavy atom. The molecular weight excluding hydrogens is 371 g/mol. The molecule has 0 aromatic heterocycles. The molecule has 4 rings (SSSR count). The normalized spacial score (nSPS) is 24.8. The number of halogens is 2. The maximum absolute atomic E-state index is 6.40. The molecule has 2 atom stereocenters. The molecule has 2 aliphatic rings. The molecule has 0 N–H and O–H groups in total. The third kappa shape index (κ3) is 3.07. The summed E-state index contributed by atoms with van der Waals surface area (Å²) in [6, 6.07) is 13.8. The highest BCUT2D eigenvalue weighted by molar-refractivity contribution is 6.42. The highest BCUT2D eigenvalue weighted by Gasteiger charge is 2.64. The quantitative estimate of drug-likeness (QED) is 0.553. The summed E-state index contributed by atoms with van der Waals surface area (Å²) in [5.74, 6) is 0.848. The first-order valence-electron chi connectivity index (χ1n) is 8.60. The SMILES string of the molecule is CN(C)CCON=C1c2cc(Cl)c(Cl)cc2OC2(c3ccccc3)CC12. The number of ether oxygens (including phenoxy) is 1. The van der Waals surface area contributed by atoms with Gasteiger partial charge in [-0.25, -0.2) is 0 Å². The van der Waals surface area contributed by atoms with Crippen LogP contribution in [0, 0.1) is 5.92 Å². The van der Waals surface area contributed by atoms with Crippen LogP contribution in [-0.2, 0) is 10.4 Å². The fourth-order valence-electron chi connectivity index (χ4n) is 3.42. The van der Waals surface area contributed by atoms with Gasteiger partial charge in [-0.05, 0) is 25.7 Å². The maximum atomic E-state index is 6.40. The molecule has 1 aliphatic heterocycles. The van der Waals surface area contributed by atoms with Crippen LogP contribution in [0.1, 0.15) is 17.5 Å². The zero-order valence-electron chi connectivity index (χ0n) is 14.7. The highest BCUT2D eigenvalue weighted by atomic mass is 35.5. The van der Waals surface area contributed by atoms with Gasteiger partial charge in [-0.2, -0.15) is 0 Å². The number of benzene rings is 2. The van der Waals surface area contributed by atoms with Crippen LogP contribution in [0.3, 0.4) is 0 Å².